The number of fused-ring (bicyclic) bond motifs is 2. The van der Waals surface area contributed by atoms with Crippen molar-refractivity contribution in [2.75, 3.05) is 0 Å². The molecule has 0 atom stereocenters. The molecule has 0 fully saturated rings. The molecule has 4 aromatic rings. The fourth-order valence-electron chi connectivity index (χ4n) is 2.89. The van der Waals surface area contributed by atoms with Gasteiger partial charge in [-0.05, 0) is 33.7 Å². The molecule has 2 nitrogen and oxygen atoms in total. The second-order valence-corrected chi connectivity index (χ2v) is 5.10. The summed E-state index contributed by atoms with van der Waals surface area (Å²) < 4.78 is 0. The number of hydrogen-bond donors (Lipinski definition) is 0. The number of pyridine rings is 1. The first-order chi connectivity index (χ1) is 10.3. The van der Waals surface area contributed by atoms with E-state index in [9.17, 15) is 5.11 Å². The molecule has 0 aliphatic rings. The molecule has 0 unspecified atom stereocenters. The van der Waals surface area contributed by atoms with E-state index < -0.39 is 0 Å². The molecule has 0 bridgehead atoms. The van der Waals surface area contributed by atoms with Crippen LogP contribution in [0.25, 0.3) is 32.8 Å². The molecule has 0 spiro atoms. The van der Waals surface area contributed by atoms with Crippen LogP contribution in [0.2, 0.25) is 0 Å². The first-order valence-corrected chi connectivity index (χ1v) is 6.93. The first kappa shape index (κ1) is 14.7. The van der Waals surface area contributed by atoms with Crippen molar-refractivity contribution in [3.63, 3.8) is 0 Å². The molecular formula is C19H13LiNO+. The Labute approximate surface area is 140 Å². The Bertz CT molecular complexity index is 960. The zero-order chi connectivity index (χ0) is 14.2. The van der Waals surface area contributed by atoms with Crippen molar-refractivity contribution in [1.82, 2.24) is 0 Å². The smallest absolute Gasteiger partial charge is 0.868 e. The van der Waals surface area contributed by atoms with Gasteiger partial charge in [0.25, 0.3) is 0 Å². The van der Waals surface area contributed by atoms with Crippen LogP contribution < -0.4 is 29.0 Å². The number of aromatic amines is 1. The second-order valence-electron chi connectivity index (χ2n) is 5.10. The molecule has 3 heteroatoms. The summed E-state index contributed by atoms with van der Waals surface area (Å²) in [5.41, 5.74) is 2.89. The SMILES string of the molecule is [Li+].[O-]c1ccc(-c2cccc3ccccc23)c2ccc[nH+]c12. The fraction of sp³-hybridized carbons (Fsp3) is 0. The Hall–Kier alpha value is -2.27. The minimum absolute atomic E-state index is 0. The van der Waals surface area contributed by atoms with E-state index in [-0.39, 0.29) is 24.6 Å². The van der Waals surface area contributed by atoms with Crippen LogP contribution in [0.1, 0.15) is 0 Å². The molecule has 0 saturated heterocycles. The van der Waals surface area contributed by atoms with Crippen LogP contribution in [0.15, 0.2) is 72.9 Å². The van der Waals surface area contributed by atoms with Crippen LogP contribution in [-0.2, 0) is 0 Å². The fourth-order valence-corrected chi connectivity index (χ4v) is 2.89. The van der Waals surface area contributed by atoms with E-state index in [1.807, 2.05) is 30.3 Å². The molecule has 4 rings (SSSR count). The van der Waals surface area contributed by atoms with Gasteiger partial charge in [0.05, 0.1) is 5.39 Å². The summed E-state index contributed by atoms with van der Waals surface area (Å²) in [4.78, 5) is 3.06. The van der Waals surface area contributed by atoms with E-state index in [1.165, 1.54) is 10.8 Å². The number of hydrogen-bond acceptors (Lipinski definition) is 1. The van der Waals surface area contributed by atoms with Crippen LogP contribution >= 0.6 is 0 Å². The van der Waals surface area contributed by atoms with Crippen molar-refractivity contribution in [2.45, 2.75) is 0 Å². The van der Waals surface area contributed by atoms with Gasteiger partial charge < -0.3 is 5.11 Å². The van der Waals surface area contributed by atoms with Crippen LogP contribution in [0.3, 0.4) is 0 Å². The number of aromatic nitrogens is 1. The van der Waals surface area contributed by atoms with Crippen molar-refractivity contribution in [3.8, 4) is 16.9 Å². The first-order valence-electron chi connectivity index (χ1n) is 6.93. The number of nitrogens with one attached hydrogen (secondary N) is 1. The molecule has 0 amide bonds. The Morgan fingerprint density at radius 3 is 2.32 bits per heavy atom. The van der Waals surface area contributed by atoms with E-state index >= 15 is 0 Å². The van der Waals surface area contributed by atoms with Gasteiger partial charge in [-0.15, -0.1) is 0 Å². The van der Waals surface area contributed by atoms with Crippen molar-refractivity contribution < 1.29 is 29.0 Å². The summed E-state index contributed by atoms with van der Waals surface area (Å²) in [5.74, 6) is 0.0228. The molecule has 0 aliphatic heterocycles. The minimum Gasteiger partial charge on any atom is -0.868 e. The molecule has 3 aromatic carbocycles. The average molecular weight is 278 g/mol. The maximum atomic E-state index is 12.0. The van der Waals surface area contributed by atoms with E-state index in [1.54, 1.807) is 12.3 Å². The normalized spacial score (nSPS) is 10.5. The molecule has 1 N–H and O–H groups in total. The standard InChI is InChI=1S/C19H13NO.Li/c21-18-11-10-16(17-9-4-12-20-19(17)18)15-8-3-6-13-5-1-2-7-14(13)15;/h1-12,21H;/q;+1. The Morgan fingerprint density at radius 1 is 0.682 bits per heavy atom. The monoisotopic (exact) mass is 278 g/mol. The third-order valence-corrected chi connectivity index (χ3v) is 3.87. The van der Waals surface area contributed by atoms with Crippen LogP contribution in [0.4, 0.5) is 0 Å². The van der Waals surface area contributed by atoms with Gasteiger partial charge in [0.1, 0.15) is 0 Å². The van der Waals surface area contributed by atoms with E-state index in [2.05, 4.69) is 35.3 Å². The summed E-state index contributed by atoms with van der Waals surface area (Å²) in [6, 6.07) is 22.0. The minimum atomic E-state index is 0. The third kappa shape index (κ3) is 2.27. The van der Waals surface area contributed by atoms with E-state index in [0.717, 1.165) is 16.5 Å². The second kappa shape index (κ2) is 5.85. The molecule has 0 saturated carbocycles. The van der Waals surface area contributed by atoms with Crippen molar-refractivity contribution >= 4 is 21.7 Å². The molecule has 1 aromatic heterocycles. The van der Waals surface area contributed by atoms with Gasteiger partial charge in [-0.25, -0.2) is 4.98 Å². The zero-order valence-corrected chi connectivity index (χ0v) is 12.3. The number of rotatable bonds is 1. The van der Waals surface area contributed by atoms with Gasteiger partial charge in [0.15, 0.2) is 6.20 Å². The third-order valence-electron chi connectivity index (χ3n) is 3.87. The average Bonchev–Trinajstić information content (AvgIpc) is 2.55. The van der Waals surface area contributed by atoms with Gasteiger partial charge in [-0.3, -0.25) is 0 Å². The van der Waals surface area contributed by atoms with E-state index in [4.69, 9.17) is 0 Å². The topological polar surface area (TPSA) is 37.2 Å². The summed E-state index contributed by atoms with van der Waals surface area (Å²) in [6.45, 7) is 0. The predicted molar refractivity (Wildman–Crippen MR) is 82.9 cm³/mol. The van der Waals surface area contributed by atoms with Crippen molar-refractivity contribution in [1.29, 1.82) is 0 Å². The van der Waals surface area contributed by atoms with Gasteiger partial charge in [0, 0.05) is 6.07 Å². The van der Waals surface area contributed by atoms with Crippen molar-refractivity contribution in [3.05, 3.63) is 72.9 Å². The molecule has 0 aliphatic carbocycles. The Kier molecular flexibility index (Phi) is 3.89. The van der Waals surface area contributed by atoms with Gasteiger partial charge in [-0.1, -0.05) is 54.6 Å². The van der Waals surface area contributed by atoms with Gasteiger partial charge in [0.2, 0.25) is 5.52 Å². The summed E-state index contributed by atoms with van der Waals surface area (Å²) in [7, 11) is 0. The summed E-state index contributed by atoms with van der Waals surface area (Å²) in [5, 5.41) is 15.4. The van der Waals surface area contributed by atoms with Crippen LogP contribution in [0, 0.1) is 0 Å². The van der Waals surface area contributed by atoms with Gasteiger partial charge in [-0.2, -0.15) is 0 Å². The van der Waals surface area contributed by atoms with Crippen LogP contribution in [-0.4, -0.2) is 0 Å². The predicted octanol–water partition coefficient (Wildman–Crippen LogP) is 0.552. The van der Waals surface area contributed by atoms with Gasteiger partial charge >= 0.3 is 18.9 Å². The maximum Gasteiger partial charge on any atom is 1.00 e. The summed E-state index contributed by atoms with van der Waals surface area (Å²) >= 11 is 0. The van der Waals surface area contributed by atoms with E-state index in [0.29, 0.717) is 5.52 Å². The largest absolute Gasteiger partial charge is 1.00 e. The molecule has 22 heavy (non-hydrogen) atoms. The molecular weight excluding hydrogens is 265 g/mol. The quantitative estimate of drug-likeness (QED) is 0.469. The zero-order valence-electron chi connectivity index (χ0n) is 12.3. The molecule has 0 radical (unpaired) electrons. The maximum absolute atomic E-state index is 12.0. The number of benzene rings is 3. The van der Waals surface area contributed by atoms with Crippen LogP contribution in [0.5, 0.6) is 5.75 Å². The number of H-pyrrole nitrogens is 1. The summed E-state index contributed by atoms with van der Waals surface area (Å²) in [6.07, 6.45) is 1.79. The Morgan fingerprint density at radius 2 is 1.41 bits per heavy atom. The Balaban J connectivity index is 0.00000144. The molecule has 100 valence electrons. The van der Waals surface area contributed by atoms with Crippen molar-refractivity contribution in [2.24, 2.45) is 0 Å². The molecule has 1 heterocycles.